The van der Waals surface area contributed by atoms with Crippen LogP contribution in [0.15, 0.2) is 55.1 Å². The normalized spacial score (nSPS) is 10.1. The van der Waals surface area contributed by atoms with Crippen LogP contribution in [0.4, 0.5) is 5.69 Å². The fourth-order valence-electron chi connectivity index (χ4n) is 2.52. The Labute approximate surface area is 160 Å². The van der Waals surface area contributed by atoms with E-state index >= 15 is 0 Å². The van der Waals surface area contributed by atoms with Crippen LogP contribution in [0.3, 0.4) is 0 Å². The second kappa shape index (κ2) is 10.2. The Hall–Kier alpha value is -3.08. The quantitative estimate of drug-likeness (QED) is 0.399. The molecule has 0 radical (unpaired) electrons. The number of carbonyl (C=O) groups is 2. The second-order valence-electron chi connectivity index (χ2n) is 6.04. The zero-order chi connectivity index (χ0) is 19.6. The average molecular weight is 367 g/mol. The third-order valence-electron chi connectivity index (χ3n) is 4.02. The van der Waals surface area contributed by atoms with Crippen LogP contribution >= 0.6 is 0 Å². The summed E-state index contributed by atoms with van der Waals surface area (Å²) in [5.41, 5.74) is 2.48. The number of benzene rings is 2. The highest BCUT2D eigenvalue weighted by Crippen LogP contribution is 2.21. The van der Waals surface area contributed by atoms with E-state index in [9.17, 15) is 9.59 Å². The Kier molecular flexibility index (Phi) is 7.62. The van der Waals surface area contributed by atoms with Crippen LogP contribution in [-0.2, 0) is 11.2 Å². The molecule has 2 aromatic rings. The number of carbonyl (C=O) groups excluding carboxylic acids is 2. The first-order valence-electron chi connectivity index (χ1n) is 8.95. The molecule has 5 heteroatoms. The molecule has 0 bridgehead atoms. The molecule has 27 heavy (non-hydrogen) atoms. The van der Waals surface area contributed by atoms with Crippen molar-refractivity contribution in [2.24, 2.45) is 0 Å². The Bertz CT molecular complexity index is 796. The second-order valence-corrected chi connectivity index (χ2v) is 6.04. The van der Waals surface area contributed by atoms with Crippen molar-refractivity contribution in [3.05, 3.63) is 71.8 Å². The monoisotopic (exact) mass is 367 g/mol. The SMILES string of the molecule is C=CCc1cc(C(=O)Nc2ccc(C(=O)OCCCC)cc2)ccc1OC. The molecule has 2 aromatic carbocycles. The maximum atomic E-state index is 12.5. The van der Waals surface area contributed by atoms with Crippen LogP contribution in [0, 0.1) is 0 Å². The Balaban J connectivity index is 2.04. The van der Waals surface area contributed by atoms with Gasteiger partial charge in [-0.25, -0.2) is 4.79 Å². The summed E-state index contributed by atoms with van der Waals surface area (Å²) < 4.78 is 10.5. The Morgan fingerprint density at radius 1 is 1.11 bits per heavy atom. The lowest BCUT2D eigenvalue weighted by atomic mass is 10.1. The predicted molar refractivity (Wildman–Crippen MR) is 106 cm³/mol. The average Bonchev–Trinajstić information content (AvgIpc) is 2.69. The largest absolute Gasteiger partial charge is 0.496 e. The van der Waals surface area contributed by atoms with E-state index in [1.165, 1.54) is 0 Å². The number of unbranched alkanes of at least 4 members (excludes halogenated alkanes) is 1. The van der Waals surface area contributed by atoms with Gasteiger partial charge in [0.1, 0.15) is 5.75 Å². The number of nitrogens with one attached hydrogen (secondary N) is 1. The van der Waals surface area contributed by atoms with Crippen LogP contribution < -0.4 is 10.1 Å². The molecule has 0 aliphatic rings. The number of amides is 1. The van der Waals surface area contributed by atoms with Crippen molar-refractivity contribution < 1.29 is 19.1 Å². The number of esters is 1. The van der Waals surface area contributed by atoms with E-state index in [1.807, 2.05) is 6.92 Å². The van der Waals surface area contributed by atoms with E-state index < -0.39 is 0 Å². The number of anilines is 1. The lowest BCUT2D eigenvalue weighted by Crippen LogP contribution is -2.13. The van der Waals surface area contributed by atoms with Gasteiger partial charge in [0, 0.05) is 11.3 Å². The highest BCUT2D eigenvalue weighted by atomic mass is 16.5. The van der Waals surface area contributed by atoms with Crippen molar-refractivity contribution >= 4 is 17.6 Å². The van der Waals surface area contributed by atoms with Crippen LogP contribution in [0.1, 0.15) is 46.0 Å². The fourth-order valence-corrected chi connectivity index (χ4v) is 2.52. The van der Waals surface area contributed by atoms with E-state index in [-0.39, 0.29) is 11.9 Å². The molecule has 0 fully saturated rings. The zero-order valence-corrected chi connectivity index (χ0v) is 15.8. The van der Waals surface area contributed by atoms with Gasteiger partial charge in [0.2, 0.25) is 0 Å². The summed E-state index contributed by atoms with van der Waals surface area (Å²) in [7, 11) is 1.59. The molecule has 0 spiro atoms. The third kappa shape index (κ3) is 5.71. The minimum absolute atomic E-state index is 0.235. The maximum Gasteiger partial charge on any atom is 0.338 e. The molecule has 142 valence electrons. The van der Waals surface area contributed by atoms with Gasteiger partial charge in [-0.1, -0.05) is 19.4 Å². The lowest BCUT2D eigenvalue weighted by molar-refractivity contribution is 0.0499. The number of methoxy groups -OCH3 is 1. The van der Waals surface area contributed by atoms with Gasteiger partial charge in [-0.15, -0.1) is 6.58 Å². The maximum absolute atomic E-state index is 12.5. The molecular formula is C22H25NO4. The first-order valence-corrected chi connectivity index (χ1v) is 8.95. The van der Waals surface area contributed by atoms with Crippen molar-refractivity contribution in [1.82, 2.24) is 0 Å². The Morgan fingerprint density at radius 3 is 2.44 bits per heavy atom. The minimum Gasteiger partial charge on any atom is -0.496 e. The molecule has 0 aliphatic heterocycles. The fraction of sp³-hybridized carbons (Fsp3) is 0.273. The Morgan fingerprint density at radius 2 is 1.81 bits per heavy atom. The first kappa shape index (κ1) is 20.2. The molecule has 1 amide bonds. The summed E-state index contributed by atoms with van der Waals surface area (Å²) in [5.74, 6) is 0.129. The van der Waals surface area contributed by atoms with E-state index in [1.54, 1.807) is 55.7 Å². The van der Waals surface area contributed by atoms with Gasteiger partial charge in [0.25, 0.3) is 5.91 Å². The van der Waals surface area contributed by atoms with Crippen molar-refractivity contribution in [3.8, 4) is 5.75 Å². The van der Waals surface area contributed by atoms with Crippen LogP contribution in [0.2, 0.25) is 0 Å². The topological polar surface area (TPSA) is 64.6 Å². The zero-order valence-electron chi connectivity index (χ0n) is 15.8. The molecule has 0 atom stereocenters. The summed E-state index contributed by atoms with van der Waals surface area (Å²) in [4.78, 5) is 24.4. The number of rotatable bonds is 9. The molecule has 1 N–H and O–H groups in total. The van der Waals surface area contributed by atoms with Crippen molar-refractivity contribution in [1.29, 1.82) is 0 Å². The van der Waals surface area contributed by atoms with Gasteiger partial charge < -0.3 is 14.8 Å². The minimum atomic E-state index is -0.356. The van der Waals surface area contributed by atoms with Crippen molar-refractivity contribution in [2.45, 2.75) is 26.2 Å². The van der Waals surface area contributed by atoms with Crippen LogP contribution in [0.25, 0.3) is 0 Å². The van der Waals surface area contributed by atoms with Gasteiger partial charge in [-0.05, 0) is 60.9 Å². The van der Waals surface area contributed by atoms with Crippen molar-refractivity contribution in [2.75, 3.05) is 19.0 Å². The molecule has 0 heterocycles. The van der Waals surface area contributed by atoms with E-state index in [2.05, 4.69) is 11.9 Å². The van der Waals surface area contributed by atoms with Gasteiger partial charge >= 0.3 is 5.97 Å². The lowest BCUT2D eigenvalue weighted by Gasteiger charge is -2.10. The molecule has 2 rings (SSSR count). The van der Waals surface area contributed by atoms with Gasteiger partial charge in [-0.3, -0.25) is 4.79 Å². The van der Waals surface area contributed by atoms with Crippen LogP contribution in [0.5, 0.6) is 5.75 Å². The molecule has 0 saturated carbocycles. The van der Waals surface area contributed by atoms with Gasteiger partial charge in [0.05, 0.1) is 19.3 Å². The number of ether oxygens (including phenoxy) is 2. The molecular weight excluding hydrogens is 342 g/mol. The molecule has 0 aromatic heterocycles. The number of allylic oxidation sites excluding steroid dienone is 1. The smallest absolute Gasteiger partial charge is 0.338 e. The number of hydrogen-bond donors (Lipinski definition) is 1. The highest BCUT2D eigenvalue weighted by molar-refractivity contribution is 6.04. The van der Waals surface area contributed by atoms with Crippen molar-refractivity contribution in [3.63, 3.8) is 0 Å². The van der Waals surface area contributed by atoms with Gasteiger partial charge in [0.15, 0.2) is 0 Å². The predicted octanol–water partition coefficient (Wildman–Crippen LogP) is 4.63. The molecule has 5 nitrogen and oxygen atoms in total. The molecule has 0 saturated heterocycles. The van der Waals surface area contributed by atoms with E-state index in [0.717, 1.165) is 24.2 Å². The van der Waals surface area contributed by atoms with Gasteiger partial charge in [-0.2, -0.15) is 0 Å². The first-order chi connectivity index (χ1) is 13.1. The van der Waals surface area contributed by atoms with E-state index in [4.69, 9.17) is 9.47 Å². The summed E-state index contributed by atoms with van der Waals surface area (Å²) in [6.45, 7) is 6.18. The van der Waals surface area contributed by atoms with Crippen LogP contribution in [-0.4, -0.2) is 25.6 Å². The molecule has 0 unspecified atom stereocenters. The number of hydrogen-bond acceptors (Lipinski definition) is 4. The highest BCUT2D eigenvalue weighted by Gasteiger charge is 2.11. The summed E-state index contributed by atoms with van der Waals surface area (Å²) >= 11 is 0. The standard InChI is InChI=1S/C22H25NO4/c1-4-6-14-27-22(25)16-8-11-19(12-9-16)23-21(24)18-10-13-20(26-3)17(15-18)7-5-2/h5,8-13,15H,2,4,6-7,14H2,1,3H3,(H,23,24). The third-order valence-corrected chi connectivity index (χ3v) is 4.02. The van der Waals surface area contributed by atoms with E-state index in [0.29, 0.717) is 29.8 Å². The summed E-state index contributed by atoms with van der Waals surface area (Å²) in [5, 5.41) is 2.83. The summed E-state index contributed by atoms with van der Waals surface area (Å²) in [6, 6.07) is 11.9. The summed E-state index contributed by atoms with van der Waals surface area (Å²) in [6.07, 6.45) is 4.19. The molecule has 0 aliphatic carbocycles.